The Hall–Kier alpha value is -0.930. The molecule has 0 saturated heterocycles. The van der Waals surface area contributed by atoms with E-state index in [1.807, 2.05) is 6.92 Å². The highest BCUT2D eigenvalue weighted by atomic mass is 127. The molecule has 0 unspecified atom stereocenters. The predicted octanol–water partition coefficient (Wildman–Crippen LogP) is 2.81. The quantitative estimate of drug-likeness (QED) is 0.215. The summed E-state index contributed by atoms with van der Waals surface area (Å²) in [4.78, 5) is 4.49. The minimum atomic E-state index is -0.388. The smallest absolute Gasteiger partial charge is 0.191 e. The van der Waals surface area contributed by atoms with Crippen LogP contribution < -0.4 is 10.6 Å². The molecule has 25 heavy (non-hydrogen) atoms. The Bertz CT molecular complexity index is 539. The number of hydrogen-bond donors (Lipinski definition) is 3. The van der Waals surface area contributed by atoms with E-state index in [1.54, 1.807) is 12.1 Å². The summed E-state index contributed by atoms with van der Waals surface area (Å²) < 4.78 is 19.0. The summed E-state index contributed by atoms with van der Waals surface area (Å²) in [5.74, 6) is 1.15. The molecule has 3 N–H and O–H groups in total. The number of ether oxygens (including phenoxy) is 1. The lowest BCUT2D eigenvalue weighted by atomic mass is 10.1. The maximum Gasteiger partial charge on any atom is 0.191 e. The van der Waals surface area contributed by atoms with Crippen molar-refractivity contribution < 1.29 is 14.2 Å². The Balaban J connectivity index is 0.00000312. The van der Waals surface area contributed by atoms with Crippen LogP contribution in [0.15, 0.2) is 23.2 Å². The highest BCUT2D eigenvalue weighted by molar-refractivity contribution is 14.0. The molecular formula is C18H29FIN3O2. The minimum absolute atomic E-state index is 0. The molecule has 0 radical (unpaired) electrons. The van der Waals surface area contributed by atoms with Crippen LogP contribution in [0.25, 0.3) is 0 Å². The molecule has 1 fully saturated rings. The van der Waals surface area contributed by atoms with Gasteiger partial charge < -0.3 is 20.5 Å². The second kappa shape index (κ2) is 12.4. The lowest BCUT2D eigenvalue weighted by Crippen LogP contribution is -2.38. The normalized spacial score (nSPS) is 14.1. The van der Waals surface area contributed by atoms with Crippen molar-refractivity contribution in [2.24, 2.45) is 10.9 Å². The van der Waals surface area contributed by atoms with E-state index < -0.39 is 0 Å². The number of aliphatic hydroxyl groups is 1. The fourth-order valence-electron chi connectivity index (χ4n) is 2.28. The maximum atomic E-state index is 13.4. The van der Waals surface area contributed by atoms with Crippen LogP contribution in [-0.2, 0) is 17.9 Å². The molecule has 0 aromatic heterocycles. The van der Waals surface area contributed by atoms with Gasteiger partial charge in [0.2, 0.25) is 0 Å². The van der Waals surface area contributed by atoms with Crippen molar-refractivity contribution in [1.29, 1.82) is 0 Å². The van der Waals surface area contributed by atoms with Gasteiger partial charge in [0.1, 0.15) is 5.82 Å². The lowest BCUT2D eigenvalue weighted by Gasteiger charge is -2.11. The summed E-state index contributed by atoms with van der Waals surface area (Å²) in [7, 11) is 0. The highest BCUT2D eigenvalue weighted by Gasteiger charge is 2.20. The first-order chi connectivity index (χ1) is 11.7. The third kappa shape index (κ3) is 8.82. The standard InChI is InChI=1S/C18H28FN3O2.HI/c1-2-20-18(21-8-3-9-24-13-14-4-5-14)22-11-15-6-7-17(19)16(10-15)12-23;/h6-7,10,14,23H,2-5,8-9,11-13H2,1H3,(H2,20,21,22);1H. The van der Waals surface area contributed by atoms with Gasteiger partial charge in [0.25, 0.3) is 0 Å². The first kappa shape index (κ1) is 22.1. The van der Waals surface area contributed by atoms with Gasteiger partial charge in [-0.15, -0.1) is 24.0 Å². The third-order valence-electron chi connectivity index (χ3n) is 3.85. The van der Waals surface area contributed by atoms with Crippen LogP contribution in [0.5, 0.6) is 0 Å². The molecule has 1 aliphatic rings. The van der Waals surface area contributed by atoms with Gasteiger partial charge >= 0.3 is 0 Å². The summed E-state index contributed by atoms with van der Waals surface area (Å²) in [6.45, 7) is 5.37. The molecule has 0 heterocycles. The van der Waals surface area contributed by atoms with Crippen molar-refractivity contribution in [3.63, 3.8) is 0 Å². The average Bonchev–Trinajstić information content (AvgIpc) is 3.41. The van der Waals surface area contributed by atoms with E-state index in [9.17, 15) is 4.39 Å². The molecule has 1 saturated carbocycles. The van der Waals surface area contributed by atoms with Crippen molar-refractivity contribution in [2.75, 3.05) is 26.3 Å². The van der Waals surface area contributed by atoms with E-state index >= 15 is 0 Å². The van der Waals surface area contributed by atoms with Gasteiger partial charge in [-0.25, -0.2) is 9.38 Å². The number of aliphatic imine (C=N–C) groups is 1. The molecule has 142 valence electrons. The molecule has 0 aliphatic heterocycles. The van der Waals surface area contributed by atoms with Gasteiger partial charge in [-0.1, -0.05) is 6.07 Å². The Kier molecular flexibility index (Phi) is 11.0. The summed E-state index contributed by atoms with van der Waals surface area (Å²) in [5.41, 5.74) is 1.17. The zero-order chi connectivity index (χ0) is 17.2. The van der Waals surface area contributed by atoms with Crippen LogP contribution in [-0.4, -0.2) is 37.4 Å². The largest absolute Gasteiger partial charge is 0.392 e. The summed E-state index contributed by atoms with van der Waals surface area (Å²) in [6, 6.07) is 4.70. The average molecular weight is 465 g/mol. The summed E-state index contributed by atoms with van der Waals surface area (Å²) in [5, 5.41) is 15.6. The van der Waals surface area contributed by atoms with Gasteiger partial charge in [-0.3, -0.25) is 0 Å². The van der Waals surface area contributed by atoms with Crippen molar-refractivity contribution in [3.8, 4) is 0 Å². The van der Waals surface area contributed by atoms with Gasteiger partial charge in [0.05, 0.1) is 13.2 Å². The van der Waals surface area contributed by atoms with Crippen molar-refractivity contribution in [3.05, 3.63) is 35.1 Å². The molecule has 1 aromatic rings. The van der Waals surface area contributed by atoms with Crippen LogP contribution in [0.4, 0.5) is 4.39 Å². The molecular weight excluding hydrogens is 436 g/mol. The van der Waals surface area contributed by atoms with Gasteiger partial charge in [0, 0.05) is 31.9 Å². The molecule has 5 nitrogen and oxygen atoms in total. The minimum Gasteiger partial charge on any atom is -0.392 e. The molecule has 0 amide bonds. The molecule has 1 aliphatic carbocycles. The van der Waals surface area contributed by atoms with Crippen molar-refractivity contribution in [2.45, 2.75) is 39.3 Å². The number of nitrogens with zero attached hydrogens (tertiary/aromatic N) is 1. The maximum absolute atomic E-state index is 13.4. The number of hydrogen-bond acceptors (Lipinski definition) is 3. The van der Waals surface area contributed by atoms with E-state index in [1.165, 1.54) is 18.9 Å². The molecule has 0 atom stereocenters. The Morgan fingerprint density at radius 2 is 2.16 bits per heavy atom. The van der Waals surface area contributed by atoms with E-state index in [0.29, 0.717) is 12.1 Å². The monoisotopic (exact) mass is 465 g/mol. The fourth-order valence-corrected chi connectivity index (χ4v) is 2.28. The van der Waals surface area contributed by atoms with Gasteiger partial charge in [-0.05, 0) is 49.8 Å². The topological polar surface area (TPSA) is 65.9 Å². The summed E-state index contributed by atoms with van der Waals surface area (Å²) in [6.07, 6.45) is 3.57. The third-order valence-corrected chi connectivity index (χ3v) is 3.85. The number of guanidine groups is 1. The van der Waals surface area contributed by atoms with Crippen molar-refractivity contribution in [1.82, 2.24) is 10.6 Å². The van der Waals surface area contributed by atoms with E-state index in [4.69, 9.17) is 9.84 Å². The lowest BCUT2D eigenvalue weighted by molar-refractivity contribution is 0.123. The van der Waals surface area contributed by atoms with E-state index in [2.05, 4.69) is 15.6 Å². The first-order valence-electron chi connectivity index (χ1n) is 8.71. The first-order valence-corrected chi connectivity index (χ1v) is 8.71. The van der Waals surface area contributed by atoms with Crippen LogP contribution in [0.2, 0.25) is 0 Å². The molecule has 1 aromatic carbocycles. The van der Waals surface area contributed by atoms with Crippen LogP contribution in [0, 0.1) is 11.7 Å². The zero-order valence-electron chi connectivity index (χ0n) is 14.8. The molecule has 0 bridgehead atoms. The number of rotatable bonds is 10. The van der Waals surface area contributed by atoms with Gasteiger partial charge in [-0.2, -0.15) is 0 Å². The molecule has 7 heteroatoms. The van der Waals surface area contributed by atoms with Crippen LogP contribution >= 0.6 is 24.0 Å². The van der Waals surface area contributed by atoms with Crippen LogP contribution in [0.3, 0.4) is 0 Å². The second-order valence-corrected chi connectivity index (χ2v) is 6.08. The van der Waals surface area contributed by atoms with Crippen LogP contribution in [0.1, 0.15) is 37.3 Å². The van der Waals surface area contributed by atoms with E-state index in [0.717, 1.165) is 50.2 Å². The second-order valence-electron chi connectivity index (χ2n) is 6.08. The zero-order valence-corrected chi connectivity index (χ0v) is 17.1. The fraction of sp³-hybridized carbons (Fsp3) is 0.611. The number of nitrogens with one attached hydrogen (secondary N) is 2. The Labute approximate surface area is 166 Å². The number of halogens is 2. The molecule has 0 spiro atoms. The predicted molar refractivity (Wildman–Crippen MR) is 109 cm³/mol. The Morgan fingerprint density at radius 1 is 1.36 bits per heavy atom. The van der Waals surface area contributed by atoms with E-state index in [-0.39, 0.29) is 36.4 Å². The molecule has 2 rings (SSSR count). The van der Waals surface area contributed by atoms with Crippen molar-refractivity contribution >= 4 is 29.9 Å². The SMILES string of the molecule is CCNC(=NCc1ccc(F)c(CO)c1)NCCCOCC1CC1.I. The Morgan fingerprint density at radius 3 is 2.84 bits per heavy atom. The number of benzene rings is 1. The van der Waals surface area contributed by atoms with Gasteiger partial charge in [0.15, 0.2) is 5.96 Å². The highest BCUT2D eigenvalue weighted by Crippen LogP contribution is 2.28. The number of aliphatic hydroxyl groups excluding tert-OH is 1. The summed E-state index contributed by atoms with van der Waals surface area (Å²) >= 11 is 0.